The van der Waals surface area contributed by atoms with E-state index in [4.69, 9.17) is 4.74 Å². The number of nitrogens with zero attached hydrogens (tertiary/aromatic N) is 1. The van der Waals surface area contributed by atoms with Crippen LogP contribution in [-0.4, -0.2) is 32.3 Å². The average Bonchev–Trinajstić information content (AvgIpc) is 3.32. The van der Waals surface area contributed by atoms with Crippen LogP contribution in [0.15, 0.2) is 29.3 Å². The lowest BCUT2D eigenvalue weighted by molar-refractivity contribution is 0.128. The fraction of sp³-hybridized carbons (Fsp3) is 0.611. The van der Waals surface area contributed by atoms with E-state index >= 15 is 0 Å². The smallest absolute Gasteiger partial charge is 0.191 e. The van der Waals surface area contributed by atoms with Gasteiger partial charge in [0.2, 0.25) is 0 Å². The zero-order valence-electron chi connectivity index (χ0n) is 14.6. The molecule has 1 saturated carbocycles. The number of hydrogen-bond donors (Lipinski definition) is 2. The topological polar surface area (TPSA) is 45.7 Å². The van der Waals surface area contributed by atoms with Gasteiger partial charge >= 0.3 is 0 Å². The molecule has 2 rings (SSSR count). The van der Waals surface area contributed by atoms with Crippen LogP contribution in [0.2, 0.25) is 0 Å². The van der Waals surface area contributed by atoms with E-state index in [0.29, 0.717) is 17.5 Å². The van der Waals surface area contributed by atoms with Gasteiger partial charge in [-0.3, -0.25) is 0 Å². The van der Waals surface area contributed by atoms with Crippen LogP contribution in [0.25, 0.3) is 0 Å². The van der Waals surface area contributed by atoms with E-state index in [1.807, 2.05) is 19.9 Å². The van der Waals surface area contributed by atoms with E-state index in [1.54, 1.807) is 12.1 Å². The molecule has 1 aromatic carbocycles. The van der Waals surface area contributed by atoms with Crippen LogP contribution in [0.3, 0.4) is 0 Å². The standard InChI is InChI=1S/C18H28FN3O.HI/c1-3-20-17(21-13-15-7-5-6-8-16(15)19)22-14-18(9-10-18)11-12-23-4-2;/h5-8H,3-4,9-14H2,1-2H3,(H2,20,21,22);1H. The lowest BCUT2D eigenvalue weighted by Crippen LogP contribution is -2.40. The highest BCUT2D eigenvalue weighted by Crippen LogP contribution is 2.48. The molecule has 4 nitrogen and oxygen atoms in total. The minimum absolute atomic E-state index is 0. The first kappa shape index (κ1) is 21.2. The molecule has 0 saturated heterocycles. The van der Waals surface area contributed by atoms with Gasteiger partial charge in [-0.1, -0.05) is 18.2 Å². The maximum atomic E-state index is 13.7. The van der Waals surface area contributed by atoms with Gasteiger partial charge in [-0.2, -0.15) is 0 Å². The molecule has 136 valence electrons. The summed E-state index contributed by atoms with van der Waals surface area (Å²) in [5.74, 6) is 0.543. The molecule has 2 N–H and O–H groups in total. The third-order valence-electron chi connectivity index (χ3n) is 4.28. The van der Waals surface area contributed by atoms with Crippen molar-refractivity contribution in [3.8, 4) is 0 Å². The molecule has 1 aromatic rings. The number of hydrogen-bond acceptors (Lipinski definition) is 2. The van der Waals surface area contributed by atoms with Crippen molar-refractivity contribution in [2.24, 2.45) is 10.4 Å². The van der Waals surface area contributed by atoms with E-state index in [9.17, 15) is 4.39 Å². The van der Waals surface area contributed by atoms with Gasteiger partial charge in [0.05, 0.1) is 6.54 Å². The van der Waals surface area contributed by atoms with Crippen LogP contribution in [0, 0.1) is 11.2 Å². The van der Waals surface area contributed by atoms with E-state index in [1.165, 1.54) is 18.9 Å². The summed E-state index contributed by atoms with van der Waals surface area (Å²) in [5, 5.41) is 6.63. The van der Waals surface area contributed by atoms with Crippen molar-refractivity contribution in [1.82, 2.24) is 10.6 Å². The molecule has 0 aliphatic heterocycles. The molecular weight excluding hydrogens is 420 g/mol. The van der Waals surface area contributed by atoms with Crippen LogP contribution < -0.4 is 10.6 Å². The summed E-state index contributed by atoms with van der Waals surface area (Å²) in [7, 11) is 0. The Morgan fingerprint density at radius 1 is 1.25 bits per heavy atom. The van der Waals surface area contributed by atoms with E-state index < -0.39 is 0 Å². The summed E-state index contributed by atoms with van der Waals surface area (Å²) in [5.41, 5.74) is 0.964. The molecule has 24 heavy (non-hydrogen) atoms. The van der Waals surface area contributed by atoms with Crippen molar-refractivity contribution in [3.05, 3.63) is 35.6 Å². The summed E-state index contributed by atoms with van der Waals surface area (Å²) >= 11 is 0. The van der Waals surface area contributed by atoms with Crippen molar-refractivity contribution in [3.63, 3.8) is 0 Å². The van der Waals surface area contributed by atoms with Crippen LogP contribution in [0.5, 0.6) is 0 Å². The third kappa shape index (κ3) is 6.93. The minimum Gasteiger partial charge on any atom is -0.382 e. The normalized spacial score (nSPS) is 15.5. The number of halogens is 2. The Morgan fingerprint density at radius 3 is 2.62 bits per heavy atom. The molecular formula is C18H29FIN3O. The molecule has 1 fully saturated rings. The molecule has 0 spiro atoms. The second-order valence-corrected chi connectivity index (χ2v) is 6.09. The summed E-state index contributed by atoms with van der Waals surface area (Å²) in [6.07, 6.45) is 3.56. The first-order chi connectivity index (χ1) is 11.2. The fourth-order valence-corrected chi connectivity index (χ4v) is 2.53. The van der Waals surface area contributed by atoms with Crippen LogP contribution in [0.1, 0.15) is 38.7 Å². The zero-order valence-corrected chi connectivity index (χ0v) is 16.9. The molecule has 0 bridgehead atoms. The van der Waals surface area contributed by atoms with Crippen LogP contribution in [-0.2, 0) is 11.3 Å². The second kappa shape index (κ2) is 10.9. The highest BCUT2D eigenvalue weighted by atomic mass is 127. The Bertz CT molecular complexity index is 521. The fourth-order valence-electron chi connectivity index (χ4n) is 2.53. The van der Waals surface area contributed by atoms with Crippen LogP contribution >= 0.6 is 24.0 Å². The Labute approximate surface area is 161 Å². The van der Waals surface area contributed by atoms with Gasteiger partial charge < -0.3 is 15.4 Å². The van der Waals surface area contributed by atoms with Crippen LogP contribution in [0.4, 0.5) is 4.39 Å². The molecule has 0 atom stereocenters. The second-order valence-electron chi connectivity index (χ2n) is 6.09. The van der Waals surface area contributed by atoms with Gasteiger partial charge in [-0.15, -0.1) is 24.0 Å². The van der Waals surface area contributed by atoms with Gasteiger partial charge in [-0.05, 0) is 44.6 Å². The Morgan fingerprint density at radius 2 is 2.00 bits per heavy atom. The lowest BCUT2D eigenvalue weighted by Gasteiger charge is -2.18. The Hall–Kier alpha value is -0.890. The summed E-state index contributed by atoms with van der Waals surface area (Å²) in [6, 6.07) is 6.77. The first-order valence-corrected chi connectivity index (χ1v) is 8.52. The number of aliphatic imine (C=N–C) groups is 1. The van der Waals surface area contributed by atoms with Gasteiger partial charge in [0.15, 0.2) is 5.96 Å². The predicted octanol–water partition coefficient (Wildman–Crippen LogP) is 3.71. The molecule has 0 aromatic heterocycles. The Balaban J connectivity index is 0.00000288. The van der Waals surface area contributed by atoms with E-state index in [-0.39, 0.29) is 29.8 Å². The maximum absolute atomic E-state index is 13.7. The van der Waals surface area contributed by atoms with E-state index in [0.717, 1.165) is 38.7 Å². The number of benzene rings is 1. The number of guanidine groups is 1. The molecule has 0 amide bonds. The largest absolute Gasteiger partial charge is 0.382 e. The van der Waals surface area contributed by atoms with Crippen molar-refractivity contribution < 1.29 is 9.13 Å². The number of ether oxygens (including phenoxy) is 1. The number of rotatable bonds is 9. The molecule has 1 aliphatic carbocycles. The highest BCUT2D eigenvalue weighted by Gasteiger charge is 2.41. The SMILES string of the molecule is CCNC(=NCc1ccccc1F)NCC1(CCOCC)CC1.I. The third-order valence-corrected chi connectivity index (χ3v) is 4.28. The average molecular weight is 449 g/mol. The predicted molar refractivity (Wildman–Crippen MR) is 107 cm³/mol. The van der Waals surface area contributed by atoms with Crippen molar-refractivity contribution in [2.75, 3.05) is 26.3 Å². The quantitative estimate of drug-likeness (QED) is 0.262. The molecule has 1 aliphatic rings. The maximum Gasteiger partial charge on any atom is 0.191 e. The zero-order chi connectivity index (χ0) is 16.5. The highest BCUT2D eigenvalue weighted by molar-refractivity contribution is 14.0. The van der Waals surface area contributed by atoms with Crippen molar-refractivity contribution >= 4 is 29.9 Å². The van der Waals surface area contributed by atoms with Crippen molar-refractivity contribution in [2.45, 2.75) is 39.7 Å². The van der Waals surface area contributed by atoms with Gasteiger partial charge in [0.25, 0.3) is 0 Å². The monoisotopic (exact) mass is 449 g/mol. The summed E-state index contributed by atoms with van der Waals surface area (Å²) < 4.78 is 19.1. The summed E-state index contributed by atoms with van der Waals surface area (Å²) in [6.45, 7) is 7.67. The number of nitrogens with one attached hydrogen (secondary N) is 2. The molecule has 0 unspecified atom stereocenters. The minimum atomic E-state index is -0.206. The molecule has 0 radical (unpaired) electrons. The van der Waals surface area contributed by atoms with E-state index in [2.05, 4.69) is 15.6 Å². The van der Waals surface area contributed by atoms with Gasteiger partial charge in [0.1, 0.15) is 5.82 Å². The lowest BCUT2D eigenvalue weighted by atomic mass is 10.0. The van der Waals surface area contributed by atoms with Gasteiger partial charge in [-0.25, -0.2) is 9.38 Å². The Kier molecular flexibility index (Phi) is 9.58. The first-order valence-electron chi connectivity index (χ1n) is 8.52. The molecule has 6 heteroatoms. The van der Waals surface area contributed by atoms with Crippen molar-refractivity contribution in [1.29, 1.82) is 0 Å². The summed E-state index contributed by atoms with van der Waals surface area (Å²) in [4.78, 5) is 4.50. The van der Waals surface area contributed by atoms with Gasteiger partial charge in [0, 0.05) is 31.9 Å². The molecule has 0 heterocycles.